The molecule has 2 aromatic carbocycles. The Hall–Kier alpha value is -1.56. The van der Waals surface area contributed by atoms with Gasteiger partial charge in [0.25, 0.3) is 0 Å². The Balaban J connectivity index is 0.00000338. The lowest BCUT2D eigenvalue weighted by Crippen LogP contribution is -2.30. The molecule has 0 aromatic heterocycles. The van der Waals surface area contributed by atoms with Crippen LogP contribution in [-0.2, 0) is 11.3 Å². The van der Waals surface area contributed by atoms with Gasteiger partial charge in [0.2, 0.25) is 0 Å². The van der Waals surface area contributed by atoms with E-state index >= 15 is 0 Å². The molecule has 1 unspecified atom stereocenters. The van der Waals surface area contributed by atoms with Crippen LogP contribution in [-0.4, -0.2) is 25.3 Å². The van der Waals surface area contributed by atoms with Crippen molar-refractivity contribution in [1.82, 2.24) is 5.06 Å². The fourth-order valence-electron chi connectivity index (χ4n) is 3.32. The van der Waals surface area contributed by atoms with Crippen LogP contribution >= 0.6 is 17.0 Å². The van der Waals surface area contributed by atoms with E-state index < -0.39 is 11.6 Å². The van der Waals surface area contributed by atoms with Gasteiger partial charge in [0, 0.05) is 24.6 Å². The molecule has 0 N–H and O–H groups in total. The summed E-state index contributed by atoms with van der Waals surface area (Å²) in [5.41, 5.74) is 3.44. The van der Waals surface area contributed by atoms with E-state index in [1.807, 2.05) is 32.0 Å². The molecule has 2 aromatic rings. The molecule has 142 valence electrons. The molecule has 0 fully saturated rings. The number of benzene rings is 2. The summed E-state index contributed by atoms with van der Waals surface area (Å²) in [6, 6.07) is 10.0. The molecule has 2 rings (SSSR count). The number of nitrogens with zero attached hydrogens (tertiary/aromatic N) is 1. The van der Waals surface area contributed by atoms with Gasteiger partial charge < -0.3 is 4.84 Å². The van der Waals surface area contributed by atoms with Gasteiger partial charge in [-0.05, 0) is 49.1 Å². The van der Waals surface area contributed by atoms with Gasteiger partial charge in [-0.25, -0.2) is 8.78 Å². The van der Waals surface area contributed by atoms with Gasteiger partial charge in [-0.15, -0.1) is 23.6 Å². The second kappa shape index (κ2) is 10.6. The summed E-state index contributed by atoms with van der Waals surface area (Å²) in [5, 5.41) is 1.75. The third-order valence-corrected chi connectivity index (χ3v) is 4.48. The highest BCUT2D eigenvalue weighted by Crippen LogP contribution is 2.30. The maximum Gasteiger partial charge on any atom is 0.129 e. The quantitative estimate of drug-likeness (QED) is 0.406. The van der Waals surface area contributed by atoms with Crippen LogP contribution in [0, 0.1) is 25.5 Å². The minimum absolute atomic E-state index is 0. The molecule has 2 nitrogen and oxygen atoms in total. The van der Waals surface area contributed by atoms with Crippen molar-refractivity contribution in [3.8, 4) is 0 Å². The summed E-state index contributed by atoms with van der Waals surface area (Å²) in [6.07, 6.45) is 2.01. The molecular formula is C21H26BrF2NO. The monoisotopic (exact) mass is 425 g/mol. The fraction of sp³-hybridized carbons (Fsp3) is 0.333. The molecule has 1 atom stereocenters. The lowest BCUT2D eigenvalue weighted by Gasteiger charge is -2.27. The average Bonchev–Trinajstić information content (AvgIpc) is 2.57. The van der Waals surface area contributed by atoms with E-state index in [0.717, 1.165) is 16.7 Å². The van der Waals surface area contributed by atoms with E-state index in [9.17, 15) is 8.78 Å². The molecule has 0 aliphatic carbocycles. The van der Waals surface area contributed by atoms with Crippen molar-refractivity contribution in [3.05, 3.63) is 82.9 Å². The molecule has 0 amide bonds. The van der Waals surface area contributed by atoms with Crippen LogP contribution in [0.3, 0.4) is 0 Å². The minimum Gasteiger partial charge on any atom is -0.302 e. The van der Waals surface area contributed by atoms with Gasteiger partial charge >= 0.3 is 0 Å². The molecule has 0 saturated heterocycles. The highest BCUT2D eigenvalue weighted by atomic mass is 79.9. The van der Waals surface area contributed by atoms with Crippen molar-refractivity contribution in [2.24, 2.45) is 0 Å². The number of hydrogen-bond acceptors (Lipinski definition) is 2. The maximum absolute atomic E-state index is 14.2. The summed E-state index contributed by atoms with van der Waals surface area (Å²) < 4.78 is 28.4. The van der Waals surface area contributed by atoms with Crippen LogP contribution in [0.25, 0.3) is 0 Å². The third kappa shape index (κ3) is 5.47. The van der Waals surface area contributed by atoms with Gasteiger partial charge in [0.15, 0.2) is 0 Å². The van der Waals surface area contributed by atoms with E-state index in [0.29, 0.717) is 13.1 Å². The van der Waals surface area contributed by atoms with Gasteiger partial charge in [-0.2, -0.15) is 5.06 Å². The molecule has 0 aliphatic rings. The lowest BCUT2D eigenvalue weighted by molar-refractivity contribution is -0.125. The number of rotatable bonds is 8. The third-order valence-electron chi connectivity index (χ3n) is 4.48. The minimum atomic E-state index is -0.510. The van der Waals surface area contributed by atoms with Crippen LogP contribution in [0.5, 0.6) is 0 Å². The summed E-state index contributed by atoms with van der Waals surface area (Å²) in [7, 11) is 1.59. The molecular weight excluding hydrogens is 400 g/mol. The second-order valence-electron chi connectivity index (χ2n) is 6.22. The van der Waals surface area contributed by atoms with Crippen molar-refractivity contribution >= 4 is 17.0 Å². The first-order valence-electron chi connectivity index (χ1n) is 8.36. The van der Waals surface area contributed by atoms with Crippen LogP contribution in [0.2, 0.25) is 0 Å². The summed E-state index contributed by atoms with van der Waals surface area (Å²) in [5.74, 6) is -1.12. The highest BCUT2D eigenvalue weighted by Gasteiger charge is 2.23. The van der Waals surface area contributed by atoms with Crippen molar-refractivity contribution < 1.29 is 13.6 Å². The van der Waals surface area contributed by atoms with E-state index in [4.69, 9.17) is 4.84 Å². The molecule has 0 heterocycles. The zero-order chi connectivity index (χ0) is 18.4. The van der Waals surface area contributed by atoms with E-state index in [-0.39, 0.29) is 34.9 Å². The Kier molecular flexibility index (Phi) is 9.13. The summed E-state index contributed by atoms with van der Waals surface area (Å²) >= 11 is 0. The van der Waals surface area contributed by atoms with Crippen LogP contribution in [0.4, 0.5) is 8.78 Å². The Morgan fingerprint density at radius 3 is 2.12 bits per heavy atom. The van der Waals surface area contributed by atoms with Crippen molar-refractivity contribution in [2.45, 2.75) is 26.2 Å². The zero-order valence-corrected chi connectivity index (χ0v) is 17.2. The predicted molar refractivity (Wildman–Crippen MR) is 108 cm³/mol. The average molecular weight is 426 g/mol. The predicted octanol–water partition coefficient (Wildman–Crippen LogP) is 5.54. The van der Waals surface area contributed by atoms with Crippen LogP contribution in [0.15, 0.2) is 49.1 Å². The van der Waals surface area contributed by atoms with Crippen molar-refractivity contribution in [1.29, 1.82) is 0 Å². The Morgan fingerprint density at radius 2 is 1.62 bits per heavy atom. The van der Waals surface area contributed by atoms with Gasteiger partial charge in [-0.3, -0.25) is 0 Å². The van der Waals surface area contributed by atoms with Gasteiger partial charge in [0.05, 0.1) is 7.11 Å². The summed E-state index contributed by atoms with van der Waals surface area (Å²) in [6.45, 7) is 8.84. The lowest BCUT2D eigenvalue weighted by atomic mass is 9.85. The van der Waals surface area contributed by atoms with Crippen molar-refractivity contribution in [2.75, 3.05) is 20.2 Å². The number of hydroxylamine groups is 2. The molecule has 0 radical (unpaired) electrons. The van der Waals surface area contributed by atoms with Crippen LogP contribution in [0.1, 0.15) is 28.2 Å². The van der Waals surface area contributed by atoms with E-state index in [2.05, 4.69) is 6.58 Å². The standard InChI is InChI=1S/C21H25F2NO.BrH/c1-5-12-24(25-4)14-17(21-15(2)8-6-9-16(21)3)13-18-19(22)10-7-11-20(18)23;/h5-11,17H,1,12-14H2,2-4H3;1H. The second-order valence-corrected chi connectivity index (χ2v) is 6.22. The first kappa shape index (κ1) is 22.5. The Bertz CT molecular complexity index is 695. The topological polar surface area (TPSA) is 12.5 Å². The van der Waals surface area contributed by atoms with Crippen molar-refractivity contribution in [3.63, 3.8) is 0 Å². The largest absolute Gasteiger partial charge is 0.302 e. The molecule has 0 saturated carbocycles. The Labute approximate surface area is 165 Å². The number of halogens is 3. The van der Waals surface area contributed by atoms with Gasteiger partial charge in [-0.1, -0.05) is 30.3 Å². The molecule has 5 heteroatoms. The zero-order valence-electron chi connectivity index (χ0n) is 15.5. The Morgan fingerprint density at radius 1 is 1.08 bits per heavy atom. The molecule has 0 bridgehead atoms. The smallest absolute Gasteiger partial charge is 0.129 e. The van der Waals surface area contributed by atoms with Crippen LogP contribution < -0.4 is 0 Å². The van der Waals surface area contributed by atoms with Gasteiger partial charge in [0.1, 0.15) is 11.6 Å². The number of aryl methyl sites for hydroxylation is 2. The number of hydrogen-bond donors (Lipinski definition) is 0. The molecule has 0 aliphatic heterocycles. The first-order valence-corrected chi connectivity index (χ1v) is 8.36. The fourth-order valence-corrected chi connectivity index (χ4v) is 3.32. The van der Waals surface area contributed by atoms with E-state index in [1.165, 1.54) is 18.2 Å². The normalized spacial score (nSPS) is 11.9. The summed E-state index contributed by atoms with van der Waals surface area (Å²) in [4.78, 5) is 5.40. The molecule has 26 heavy (non-hydrogen) atoms. The maximum atomic E-state index is 14.2. The SMILES string of the molecule is Br.C=CCN(CC(Cc1c(F)cccc1F)c1c(C)cccc1C)OC. The highest BCUT2D eigenvalue weighted by molar-refractivity contribution is 8.93. The van der Waals surface area contributed by atoms with E-state index in [1.54, 1.807) is 18.2 Å². The first-order chi connectivity index (χ1) is 12.0. The molecule has 0 spiro atoms.